The van der Waals surface area contributed by atoms with Gasteiger partial charge in [-0.15, -0.1) is 12.4 Å². The first-order valence-corrected chi connectivity index (χ1v) is 6.99. The van der Waals surface area contributed by atoms with E-state index >= 15 is 0 Å². The average Bonchev–Trinajstić information content (AvgIpc) is 2.42. The quantitative estimate of drug-likeness (QED) is 0.873. The Kier molecular flexibility index (Phi) is 7.41. The fourth-order valence-corrected chi connectivity index (χ4v) is 2.30. The van der Waals surface area contributed by atoms with E-state index in [0.29, 0.717) is 19.1 Å². The Hall–Kier alpha value is -1.26. The maximum Gasteiger partial charge on any atom is 0.224 e. The summed E-state index contributed by atoms with van der Waals surface area (Å²) in [7, 11) is 0. The van der Waals surface area contributed by atoms with E-state index in [2.05, 4.69) is 10.6 Å². The van der Waals surface area contributed by atoms with Gasteiger partial charge in [-0.25, -0.2) is 0 Å². The lowest BCUT2D eigenvalue weighted by atomic mass is 10.1. The minimum atomic E-state index is 0. The summed E-state index contributed by atoms with van der Waals surface area (Å²) in [4.78, 5) is 11.9. The Morgan fingerprint density at radius 1 is 1.30 bits per heavy atom. The molecule has 0 atom stereocenters. The SMILES string of the molecule is CCOc1ccc(CC(=O)NC2CCNCC2)cc1.Cl. The van der Waals surface area contributed by atoms with Crippen LogP contribution < -0.4 is 15.4 Å². The molecule has 0 saturated carbocycles. The zero-order chi connectivity index (χ0) is 13.5. The molecule has 2 rings (SSSR count). The third-order valence-corrected chi connectivity index (χ3v) is 3.30. The maximum absolute atomic E-state index is 11.9. The van der Waals surface area contributed by atoms with Crippen LogP contribution in [0.15, 0.2) is 24.3 Å². The first kappa shape index (κ1) is 16.8. The summed E-state index contributed by atoms with van der Waals surface area (Å²) in [6.45, 7) is 4.61. The van der Waals surface area contributed by atoms with Crippen molar-refractivity contribution in [3.8, 4) is 5.75 Å². The summed E-state index contributed by atoms with van der Waals surface area (Å²) >= 11 is 0. The molecule has 1 aromatic rings. The number of ether oxygens (including phenoxy) is 1. The van der Waals surface area contributed by atoms with Crippen LogP contribution >= 0.6 is 12.4 Å². The molecule has 5 heteroatoms. The molecule has 0 unspecified atom stereocenters. The van der Waals surface area contributed by atoms with Crippen molar-refractivity contribution in [3.63, 3.8) is 0 Å². The van der Waals surface area contributed by atoms with Crippen molar-refractivity contribution in [2.24, 2.45) is 0 Å². The molecule has 0 aromatic heterocycles. The summed E-state index contributed by atoms with van der Waals surface area (Å²) < 4.78 is 5.38. The van der Waals surface area contributed by atoms with Gasteiger partial charge in [-0.3, -0.25) is 4.79 Å². The van der Waals surface area contributed by atoms with E-state index in [4.69, 9.17) is 4.74 Å². The molecule has 0 radical (unpaired) electrons. The molecule has 2 N–H and O–H groups in total. The number of nitrogens with one attached hydrogen (secondary N) is 2. The zero-order valence-corrected chi connectivity index (χ0v) is 12.7. The summed E-state index contributed by atoms with van der Waals surface area (Å²) in [5, 5.41) is 6.39. The first-order valence-electron chi connectivity index (χ1n) is 6.99. The summed E-state index contributed by atoms with van der Waals surface area (Å²) in [6, 6.07) is 8.06. The highest BCUT2D eigenvalue weighted by Crippen LogP contribution is 2.12. The molecular formula is C15H23ClN2O2. The molecule has 4 nitrogen and oxygen atoms in total. The molecule has 1 heterocycles. The van der Waals surface area contributed by atoms with Crippen LogP contribution in [0.5, 0.6) is 5.75 Å². The Morgan fingerprint density at radius 2 is 1.95 bits per heavy atom. The summed E-state index contributed by atoms with van der Waals surface area (Å²) in [5.74, 6) is 0.959. The first-order chi connectivity index (χ1) is 9.28. The van der Waals surface area contributed by atoms with E-state index in [0.717, 1.165) is 37.2 Å². The second-order valence-electron chi connectivity index (χ2n) is 4.85. The van der Waals surface area contributed by atoms with Gasteiger partial charge in [0.25, 0.3) is 0 Å². The molecule has 0 spiro atoms. The minimum Gasteiger partial charge on any atom is -0.494 e. The van der Waals surface area contributed by atoms with E-state index in [9.17, 15) is 4.79 Å². The molecule has 1 aliphatic heterocycles. The van der Waals surface area contributed by atoms with E-state index in [1.165, 1.54) is 0 Å². The number of carbonyl (C=O) groups is 1. The van der Waals surface area contributed by atoms with Crippen molar-refractivity contribution < 1.29 is 9.53 Å². The van der Waals surface area contributed by atoms with Gasteiger partial charge < -0.3 is 15.4 Å². The third-order valence-electron chi connectivity index (χ3n) is 3.30. The monoisotopic (exact) mass is 298 g/mol. The van der Waals surface area contributed by atoms with Crippen molar-refractivity contribution in [3.05, 3.63) is 29.8 Å². The van der Waals surface area contributed by atoms with Gasteiger partial charge >= 0.3 is 0 Å². The average molecular weight is 299 g/mol. The standard InChI is InChI=1S/C15H22N2O2.ClH/c1-2-19-14-5-3-12(4-6-14)11-15(18)17-13-7-9-16-10-8-13;/h3-6,13,16H,2,7-11H2,1H3,(H,17,18);1H. The van der Waals surface area contributed by atoms with Gasteiger partial charge in [0.2, 0.25) is 5.91 Å². The number of benzene rings is 1. The van der Waals surface area contributed by atoms with E-state index < -0.39 is 0 Å². The van der Waals surface area contributed by atoms with Crippen LogP contribution in [0.4, 0.5) is 0 Å². The van der Waals surface area contributed by atoms with Gasteiger partial charge in [0.1, 0.15) is 5.75 Å². The number of piperidine rings is 1. The lowest BCUT2D eigenvalue weighted by molar-refractivity contribution is -0.121. The van der Waals surface area contributed by atoms with Gasteiger partial charge in [0, 0.05) is 6.04 Å². The Bertz CT molecular complexity index is 403. The second-order valence-corrected chi connectivity index (χ2v) is 4.85. The van der Waals surface area contributed by atoms with Crippen LogP contribution in [-0.4, -0.2) is 31.6 Å². The largest absolute Gasteiger partial charge is 0.494 e. The fraction of sp³-hybridized carbons (Fsp3) is 0.533. The number of carbonyl (C=O) groups excluding carboxylic acids is 1. The van der Waals surface area contributed by atoms with Crippen molar-refractivity contribution >= 4 is 18.3 Å². The van der Waals surface area contributed by atoms with Crippen LogP contribution in [0.3, 0.4) is 0 Å². The number of halogens is 1. The van der Waals surface area contributed by atoms with Gasteiger partial charge in [0.15, 0.2) is 0 Å². The normalized spacial score (nSPS) is 15.2. The van der Waals surface area contributed by atoms with E-state index in [1.807, 2.05) is 31.2 Å². The summed E-state index contributed by atoms with van der Waals surface area (Å²) in [5.41, 5.74) is 1.02. The highest BCUT2D eigenvalue weighted by molar-refractivity contribution is 5.85. The van der Waals surface area contributed by atoms with Crippen LogP contribution in [0.2, 0.25) is 0 Å². The van der Waals surface area contributed by atoms with E-state index in [-0.39, 0.29) is 18.3 Å². The molecular weight excluding hydrogens is 276 g/mol. The Balaban J connectivity index is 0.00000200. The topological polar surface area (TPSA) is 50.4 Å². The van der Waals surface area contributed by atoms with Gasteiger partial charge in [-0.05, 0) is 50.6 Å². The zero-order valence-electron chi connectivity index (χ0n) is 11.9. The molecule has 0 bridgehead atoms. The van der Waals surface area contributed by atoms with Crippen molar-refractivity contribution in [1.29, 1.82) is 0 Å². The highest BCUT2D eigenvalue weighted by atomic mass is 35.5. The van der Waals surface area contributed by atoms with Gasteiger partial charge in [-0.2, -0.15) is 0 Å². The predicted molar refractivity (Wildman–Crippen MR) is 82.6 cm³/mol. The van der Waals surface area contributed by atoms with Crippen LogP contribution in [-0.2, 0) is 11.2 Å². The number of hydrogen-bond donors (Lipinski definition) is 2. The highest BCUT2D eigenvalue weighted by Gasteiger charge is 2.15. The molecule has 112 valence electrons. The second kappa shape index (κ2) is 8.82. The summed E-state index contributed by atoms with van der Waals surface area (Å²) in [6.07, 6.45) is 2.49. The number of hydrogen-bond acceptors (Lipinski definition) is 3. The van der Waals surface area contributed by atoms with Gasteiger partial charge in [0.05, 0.1) is 13.0 Å². The van der Waals surface area contributed by atoms with Crippen molar-refractivity contribution in [2.75, 3.05) is 19.7 Å². The molecule has 1 aliphatic rings. The van der Waals surface area contributed by atoms with Crippen molar-refractivity contribution in [1.82, 2.24) is 10.6 Å². The Morgan fingerprint density at radius 3 is 2.55 bits per heavy atom. The Labute approximate surface area is 126 Å². The maximum atomic E-state index is 11.9. The van der Waals surface area contributed by atoms with E-state index in [1.54, 1.807) is 0 Å². The minimum absolute atomic E-state index is 0. The van der Waals surface area contributed by atoms with Crippen LogP contribution in [0.1, 0.15) is 25.3 Å². The molecule has 1 aromatic carbocycles. The van der Waals surface area contributed by atoms with Crippen LogP contribution in [0.25, 0.3) is 0 Å². The molecule has 1 fully saturated rings. The molecule has 20 heavy (non-hydrogen) atoms. The molecule has 1 amide bonds. The number of amides is 1. The van der Waals surface area contributed by atoms with Crippen molar-refractivity contribution in [2.45, 2.75) is 32.2 Å². The molecule has 1 saturated heterocycles. The van der Waals surface area contributed by atoms with Crippen LogP contribution in [0, 0.1) is 0 Å². The smallest absolute Gasteiger partial charge is 0.224 e. The third kappa shape index (κ3) is 5.39. The molecule has 0 aliphatic carbocycles. The predicted octanol–water partition coefficient (Wildman–Crippen LogP) is 1.92. The van der Waals surface area contributed by atoms with Gasteiger partial charge in [-0.1, -0.05) is 12.1 Å². The fourth-order valence-electron chi connectivity index (χ4n) is 2.30. The number of rotatable bonds is 5. The lowest BCUT2D eigenvalue weighted by Crippen LogP contribution is -2.43. The lowest BCUT2D eigenvalue weighted by Gasteiger charge is -2.23.